The summed E-state index contributed by atoms with van der Waals surface area (Å²) < 4.78 is 6.66. The van der Waals surface area contributed by atoms with Gasteiger partial charge in [-0.3, -0.25) is 5.21 Å². The van der Waals surface area contributed by atoms with E-state index in [1.807, 2.05) is 31.2 Å². The number of nitrogens with zero attached hydrogens (tertiary/aromatic N) is 1. The zero-order valence-electron chi connectivity index (χ0n) is 9.60. The number of hydroxylamine groups is 1. The van der Waals surface area contributed by atoms with Gasteiger partial charge in [-0.25, -0.2) is 0 Å². The van der Waals surface area contributed by atoms with Crippen molar-refractivity contribution in [3.8, 4) is 0 Å². The molecule has 1 N–H and O–H groups in total. The van der Waals surface area contributed by atoms with Gasteiger partial charge in [0.15, 0.2) is 0 Å². The Hall–Kier alpha value is -1.35. The predicted octanol–water partition coefficient (Wildman–Crippen LogP) is 2.34. The van der Waals surface area contributed by atoms with Crippen LogP contribution in [0.2, 0.25) is 0 Å². The van der Waals surface area contributed by atoms with Gasteiger partial charge in [-0.05, 0) is 31.9 Å². The van der Waals surface area contributed by atoms with Crippen molar-refractivity contribution in [1.82, 2.24) is 0 Å². The summed E-state index contributed by atoms with van der Waals surface area (Å²) in [6, 6.07) is 8.03. The van der Waals surface area contributed by atoms with E-state index in [4.69, 9.17) is 4.74 Å². The Balaban J connectivity index is 2.07. The molecule has 1 saturated heterocycles. The van der Waals surface area contributed by atoms with Gasteiger partial charge in [-0.1, -0.05) is 17.7 Å². The molecule has 1 aromatic carbocycles. The predicted molar refractivity (Wildman–Crippen MR) is 62.0 cm³/mol. The summed E-state index contributed by atoms with van der Waals surface area (Å²) >= 11 is 0. The van der Waals surface area contributed by atoms with Crippen LogP contribution in [0, 0.1) is 6.92 Å². The Morgan fingerprint density at radius 3 is 2.69 bits per heavy atom. The highest BCUT2D eigenvalue weighted by Crippen LogP contribution is 2.12. The minimum absolute atomic E-state index is 0.185. The summed E-state index contributed by atoms with van der Waals surface area (Å²) in [5, 5.41) is 9.85. The summed E-state index contributed by atoms with van der Waals surface area (Å²) in [6.07, 6.45) is 4.63. The first-order valence-corrected chi connectivity index (χ1v) is 5.76. The molecule has 1 aromatic rings. The molecule has 0 aliphatic carbocycles. The largest absolute Gasteiger partial charge is 0.318 e. The highest BCUT2D eigenvalue weighted by molar-refractivity contribution is 5.75. The molecular weight excluding hydrogens is 202 g/mol. The second-order valence-corrected chi connectivity index (χ2v) is 4.24. The fourth-order valence-corrected chi connectivity index (χ4v) is 1.82. The molecule has 1 aliphatic heterocycles. The quantitative estimate of drug-likeness (QED) is 0.359. The van der Waals surface area contributed by atoms with Crippen LogP contribution in [-0.4, -0.2) is 29.0 Å². The Kier molecular flexibility index (Phi) is 3.57. The number of rotatable bonds is 2. The first-order chi connectivity index (χ1) is 7.75. The van der Waals surface area contributed by atoms with E-state index < -0.39 is 0 Å². The third-order valence-electron chi connectivity index (χ3n) is 2.81. The van der Waals surface area contributed by atoms with Crippen LogP contribution in [0.3, 0.4) is 0 Å². The second-order valence-electron chi connectivity index (χ2n) is 4.24. The maximum atomic E-state index is 9.85. The van der Waals surface area contributed by atoms with Gasteiger partial charge >= 0.3 is 6.23 Å². The molecular formula is C13H18NO2+. The Labute approximate surface area is 95.9 Å². The van der Waals surface area contributed by atoms with Gasteiger partial charge in [-0.2, -0.15) is 0 Å². The number of hydrogen-bond donors (Lipinski definition) is 1. The Morgan fingerprint density at radius 2 is 2.06 bits per heavy atom. The van der Waals surface area contributed by atoms with E-state index in [-0.39, 0.29) is 6.23 Å². The van der Waals surface area contributed by atoms with Crippen molar-refractivity contribution in [2.24, 2.45) is 0 Å². The second kappa shape index (κ2) is 5.12. The monoisotopic (exact) mass is 220 g/mol. The molecule has 0 amide bonds. The SMILES string of the molecule is Cc1ccc(/C=[N+](/O)C2CCCCO2)cc1. The van der Waals surface area contributed by atoms with E-state index in [1.54, 1.807) is 6.21 Å². The highest BCUT2D eigenvalue weighted by atomic mass is 16.6. The fourth-order valence-electron chi connectivity index (χ4n) is 1.82. The lowest BCUT2D eigenvalue weighted by Gasteiger charge is -2.15. The van der Waals surface area contributed by atoms with Crippen LogP contribution in [0.15, 0.2) is 24.3 Å². The molecule has 3 heteroatoms. The van der Waals surface area contributed by atoms with Gasteiger partial charge in [-0.15, -0.1) is 0 Å². The van der Waals surface area contributed by atoms with Crippen molar-refractivity contribution < 1.29 is 14.7 Å². The van der Waals surface area contributed by atoms with Crippen LogP contribution in [0.5, 0.6) is 0 Å². The van der Waals surface area contributed by atoms with E-state index in [9.17, 15) is 5.21 Å². The van der Waals surface area contributed by atoms with Crippen molar-refractivity contribution in [2.45, 2.75) is 32.4 Å². The number of benzene rings is 1. The zero-order chi connectivity index (χ0) is 11.4. The summed E-state index contributed by atoms with van der Waals surface area (Å²) in [5.41, 5.74) is 2.21. The molecule has 2 rings (SSSR count). The van der Waals surface area contributed by atoms with Crippen LogP contribution in [-0.2, 0) is 4.74 Å². The smallest absolute Gasteiger partial charge is 0.305 e. The molecule has 16 heavy (non-hydrogen) atoms. The maximum absolute atomic E-state index is 9.85. The van der Waals surface area contributed by atoms with Crippen LogP contribution in [0.1, 0.15) is 30.4 Å². The van der Waals surface area contributed by atoms with E-state index in [0.717, 1.165) is 31.4 Å². The van der Waals surface area contributed by atoms with E-state index in [1.165, 1.54) is 10.3 Å². The Bertz CT molecular complexity index is 364. The summed E-state index contributed by atoms with van der Waals surface area (Å²) in [6.45, 7) is 2.79. The number of ether oxygens (including phenoxy) is 1. The molecule has 0 bridgehead atoms. The molecule has 0 saturated carbocycles. The number of hydrogen-bond acceptors (Lipinski definition) is 2. The first-order valence-electron chi connectivity index (χ1n) is 5.76. The van der Waals surface area contributed by atoms with Crippen molar-refractivity contribution in [3.05, 3.63) is 35.4 Å². The molecule has 1 fully saturated rings. The van der Waals surface area contributed by atoms with Crippen LogP contribution in [0.25, 0.3) is 0 Å². The first kappa shape index (κ1) is 11.1. The van der Waals surface area contributed by atoms with Crippen molar-refractivity contribution in [1.29, 1.82) is 0 Å². The van der Waals surface area contributed by atoms with Crippen LogP contribution < -0.4 is 0 Å². The zero-order valence-corrected chi connectivity index (χ0v) is 9.60. The van der Waals surface area contributed by atoms with Crippen LogP contribution in [0.4, 0.5) is 0 Å². The number of aryl methyl sites for hydroxylation is 1. The van der Waals surface area contributed by atoms with Gasteiger partial charge in [0.2, 0.25) is 6.21 Å². The molecule has 0 radical (unpaired) electrons. The molecule has 0 spiro atoms. The van der Waals surface area contributed by atoms with Gasteiger partial charge in [0.25, 0.3) is 0 Å². The van der Waals surface area contributed by atoms with Gasteiger partial charge in [0.1, 0.15) is 0 Å². The third kappa shape index (κ3) is 2.83. The molecule has 86 valence electrons. The molecule has 1 unspecified atom stereocenters. The molecule has 1 heterocycles. The van der Waals surface area contributed by atoms with Crippen molar-refractivity contribution in [2.75, 3.05) is 6.61 Å². The van der Waals surface area contributed by atoms with Crippen molar-refractivity contribution >= 4 is 6.21 Å². The van der Waals surface area contributed by atoms with E-state index in [0.29, 0.717) is 0 Å². The normalized spacial score (nSPS) is 22.1. The average molecular weight is 220 g/mol. The highest BCUT2D eigenvalue weighted by Gasteiger charge is 2.24. The minimum Gasteiger partial charge on any atom is -0.318 e. The summed E-state index contributed by atoms with van der Waals surface area (Å²) in [4.78, 5) is 0. The molecule has 1 atom stereocenters. The Morgan fingerprint density at radius 1 is 1.31 bits per heavy atom. The lowest BCUT2D eigenvalue weighted by atomic mass is 10.1. The molecule has 3 nitrogen and oxygen atoms in total. The van der Waals surface area contributed by atoms with Crippen molar-refractivity contribution in [3.63, 3.8) is 0 Å². The molecule has 1 aliphatic rings. The summed E-state index contributed by atoms with van der Waals surface area (Å²) in [7, 11) is 0. The van der Waals surface area contributed by atoms with Crippen LogP contribution >= 0.6 is 0 Å². The summed E-state index contributed by atoms with van der Waals surface area (Å²) in [5.74, 6) is 0. The third-order valence-corrected chi connectivity index (χ3v) is 2.81. The van der Waals surface area contributed by atoms with Gasteiger partial charge in [0, 0.05) is 16.7 Å². The maximum Gasteiger partial charge on any atom is 0.305 e. The standard InChI is InChI=1S/C13H18NO2/c1-11-5-7-12(8-6-11)10-14(15)13-4-2-3-9-16-13/h5-8,10,13,15H,2-4,9H2,1H3/q+1/b14-10+. The average Bonchev–Trinajstić information content (AvgIpc) is 2.33. The molecule has 0 aromatic heterocycles. The lowest BCUT2D eigenvalue weighted by Crippen LogP contribution is -2.31. The van der Waals surface area contributed by atoms with E-state index in [2.05, 4.69) is 0 Å². The van der Waals surface area contributed by atoms with E-state index >= 15 is 0 Å². The lowest BCUT2D eigenvalue weighted by molar-refractivity contribution is -0.823. The van der Waals surface area contributed by atoms with Gasteiger partial charge in [0.05, 0.1) is 6.61 Å². The van der Waals surface area contributed by atoms with Gasteiger partial charge < -0.3 is 4.74 Å². The fraction of sp³-hybridized carbons (Fsp3) is 0.462. The topological polar surface area (TPSA) is 32.5 Å². The minimum atomic E-state index is -0.185.